The summed E-state index contributed by atoms with van der Waals surface area (Å²) in [4.78, 5) is 35.0. The van der Waals surface area contributed by atoms with Crippen LogP contribution in [0, 0.1) is 6.92 Å². The van der Waals surface area contributed by atoms with Gasteiger partial charge in [-0.1, -0.05) is 24.3 Å². The van der Waals surface area contributed by atoms with Crippen molar-refractivity contribution in [3.8, 4) is 0 Å². The van der Waals surface area contributed by atoms with Gasteiger partial charge in [0.1, 0.15) is 0 Å². The number of aryl methyl sites for hydroxylation is 1. The van der Waals surface area contributed by atoms with E-state index in [4.69, 9.17) is 0 Å². The second-order valence-electron chi connectivity index (χ2n) is 5.31. The molecule has 6 nitrogen and oxygen atoms in total. The lowest BCUT2D eigenvalue weighted by atomic mass is 10.1. The highest BCUT2D eigenvalue weighted by molar-refractivity contribution is 6.00. The lowest BCUT2D eigenvalue weighted by molar-refractivity contribution is -0.115. The number of rotatable bonds is 5. The summed E-state index contributed by atoms with van der Waals surface area (Å²) < 4.78 is 0. The molecule has 2 aromatic carbocycles. The van der Waals surface area contributed by atoms with E-state index in [1.54, 1.807) is 42.5 Å². The summed E-state index contributed by atoms with van der Waals surface area (Å²) in [6, 6.07) is 13.9. The molecule has 0 fully saturated rings. The predicted molar refractivity (Wildman–Crippen MR) is 92.9 cm³/mol. The summed E-state index contributed by atoms with van der Waals surface area (Å²) >= 11 is 0. The van der Waals surface area contributed by atoms with E-state index in [0.29, 0.717) is 16.9 Å². The van der Waals surface area contributed by atoms with E-state index in [1.165, 1.54) is 6.92 Å². The maximum Gasteiger partial charge on any atom is 0.251 e. The van der Waals surface area contributed by atoms with E-state index in [9.17, 15) is 14.4 Å². The molecule has 0 heterocycles. The smallest absolute Gasteiger partial charge is 0.251 e. The fraction of sp³-hybridized carbons (Fsp3) is 0.167. The number of nitrogens with one attached hydrogen (secondary N) is 3. The van der Waals surface area contributed by atoms with Gasteiger partial charge in [0, 0.05) is 23.9 Å². The summed E-state index contributed by atoms with van der Waals surface area (Å²) in [5, 5.41) is 7.95. The molecule has 124 valence electrons. The van der Waals surface area contributed by atoms with Crippen molar-refractivity contribution in [2.24, 2.45) is 0 Å². The van der Waals surface area contributed by atoms with Crippen molar-refractivity contribution in [1.29, 1.82) is 0 Å². The molecule has 0 saturated heterocycles. The molecule has 0 aromatic heterocycles. The molecule has 3 amide bonds. The molecule has 2 aromatic rings. The van der Waals surface area contributed by atoms with Crippen LogP contribution in [0.15, 0.2) is 48.5 Å². The molecule has 0 saturated carbocycles. The van der Waals surface area contributed by atoms with E-state index in [0.717, 1.165) is 5.56 Å². The molecule has 0 bridgehead atoms. The molecule has 0 unspecified atom stereocenters. The van der Waals surface area contributed by atoms with Crippen LogP contribution in [0.25, 0.3) is 0 Å². The highest BCUT2D eigenvalue weighted by Crippen LogP contribution is 2.20. The van der Waals surface area contributed by atoms with Gasteiger partial charge in [-0.3, -0.25) is 14.4 Å². The summed E-state index contributed by atoms with van der Waals surface area (Å²) in [6.07, 6.45) is 0. The van der Waals surface area contributed by atoms with E-state index < -0.39 is 0 Å². The number of benzene rings is 2. The SMILES string of the molecule is CC(=O)Nc1ccc(C)c(NC(=O)CNC(=O)c2ccccc2)c1. The minimum atomic E-state index is -0.345. The quantitative estimate of drug-likeness (QED) is 0.788. The fourth-order valence-electron chi connectivity index (χ4n) is 2.08. The Hall–Kier alpha value is -3.15. The van der Waals surface area contributed by atoms with Crippen molar-refractivity contribution in [2.75, 3.05) is 17.2 Å². The van der Waals surface area contributed by atoms with Gasteiger partial charge in [-0.25, -0.2) is 0 Å². The molecule has 0 aliphatic heterocycles. The van der Waals surface area contributed by atoms with E-state index >= 15 is 0 Å². The zero-order valence-electron chi connectivity index (χ0n) is 13.6. The van der Waals surface area contributed by atoms with Crippen molar-refractivity contribution in [2.45, 2.75) is 13.8 Å². The summed E-state index contributed by atoms with van der Waals surface area (Å²) in [7, 11) is 0. The zero-order valence-corrected chi connectivity index (χ0v) is 13.6. The number of carbonyl (C=O) groups excluding carboxylic acids is 3. The van der Waals surface area contributed by atoms with E-state index in [2.05, 4.69) is 16.0 Å². The van der Waals surface area contributed by atoms with E-state index in [1.807, 2.05) is 13.0 Å². The van der Waals surface area contributed by atoms with Gasteiger partial charge >= 0.3 is 0 Å². The molecular formula is C18H19N3O3. The van der Waals surface area contributed by atoms with Crippen LogP contribution in [-0.4, -0.2) is 24.3 Å². The third-order valence-corrected chi connectivity index (χ3v) is 3.28. The van der Waals surface area contributed by atoms with Crippen molar-refractivity contribution in [3.05, 3.63) is 59.7 Å². The Morgan fingerprint density at radius 3 is 2.33 bits per heavy atom. The van der Waals surface area contributed by atoms with E-state index in [-0.39, 0.29) is 24.3 Å². The van der Waals surface area contributed by atoms with Gasteiger partial charge in [0.05, 0.1) is 6.54 Å². The minimum Gasteiger partial charge on any atom is -0.343 e. The van der Waals surface area contributed by atoms with Crippen molar-refractivity contribution in [1.82, 2.24) is 5.32 Å². The molecule has 0 aliphatic carbocycles. The topological polar surface area (TPSA) is 87.3 Å². The number of hydrogen-bond donors (Lipinski definition) is 3. The maximum atomic E-state index is 12.0. The first-order valence-corrected chi connectivity index (χ1v) is 7.47. The predicted octanol–water partition coefficient (Wildman–Crippen LogP) is 2.32. The second-order valence-corrected chi connectivity index (χ2v) is 5.31. The van der Waals surface area contributed by atoms with Crippen LogP contribution in [0.5, 0.6) is 0 Å². The molecule has 3 N–H and O–H groups in total. The highest BCUT2D eigenvalue weighted by atomic mass is 16.2. The Labute approximate surface area is 140 Å². The number of carbonyl (C=O) groups is 3. The summed E-state index contributed by atoms with van der Waals surface area (Å²) in [5.41, 5.74) is 2.53. The molecule has 2 rings (SSSR count). The second kappa shape index (κ2) is 7.92. The molecule has 24 heavy (non-hydrogen) atoms. The number of anilines is 2. The summed E-state index contributed by atoms with van der Waals surface area (Å²) in [5.74, 6) is -0.844. The third-order valence-electron chi connectivity index (χ3n) is 3.28. The van der Waals surface area contributed by atoms with Gasteiger partial charge < -0.3 is 16.0 Å². The van der Waals surface area contributed by atoms with Crippen LogP contribution < -0.4 is 16.0 Å². The van der Waals surface area contributed by atoms with Crippen LogP contribution in [-0.2, 0) is 9.59 Å². The Bertz CT molecular complexity index is 757. The first-order chi connectivity index (χ1) is 11.5. The van der Waals surface area contributed by atoms with Gasteiger partial charge in [-0.2, -0.15) is 0 Å². The Morgan fingerprint density at radius 1 is 0.958 bits per heavy atom. The van der Waals surface area contributed by atoms with Crippen molar-refractivity contribution < 1.29 is 14.4 Å². The van der Waals surface area contributed by atoms with Crippen LogP contribution in [0.3, 0.4) is 0 Å². The number of amides is 3. The first-order valence-electron chi connectivity index (χ1n) is 7.47. The molecule has 0 radical (unpaired) electrons. The average Bonchev–Trinajstić information content (AvgIpc) is 2.56. The average molecular weight is 325 g/mol. The number of hydrogen-bond acceptors (Lipinski definition) is 3. The molecule has 0 spiro atoms. The molecular weight excluding hydrogens is 306 g/mol. The lowest BCUT2D eigenvalue weighted by Gasteiger charge is -2.11. The Kier molecular flexibility index (Phi) is 5.68. The third kappa shape index (κ3) is 4.95. The van der Waals surface area contributed by atoms with Crippen molar-refractivity contribution >= 4 is 29.1 Å². The first kappa shape index (κ1) is 17.2. The Morgan fingerprint density at radius 2 is 1.67 bits per heavy atom. The Balaban J connectivity index is 1.94. The maximum absolute atomic E-state index is 12.0. The van der Waals surface area contributed by atoms with Gasteiger partial charge in [0.25, 0.3) is 5.91 Å². The van der Waals surface area contributed by atoms with Gasteiger partial charge in [0.15, 0.2) is 0 Å². The molecule has 0 atom stereocenters. The summed E-state index contributed by atoms with van der Waals surface area (Å²) in [6.45, 7) is 3.12. The van der Waals surface area contributed by atoms with Gasteiger partial charge in [-0.05, 0) is 36.8 Å². The monoisotopic (exact) mass is 325 g/mol. The normalized spacial score (nSPS) is 9.92. The van der Waals surface area contributed by atoms with Gasteiger partial charge in [-0.15, -0.1) is 0 Å². The largest absolute Gasteiger partial charge is 0.343 e. The standard InChI is InChI=1S/C18H19N3O3/c1-12-8-9-15(20-13(2)22)10-16(12)21-17(23)11-19-18(24)14-6-4-3-5-7-14/h3-10H,11H2,1-2H3,(H,19,24)(H,20,22)(H,21,23). The molecule has 6 heteroatoms. The fourth-order valence-corrected chi connectivity index (χ4v) is 2.08. The van der Waals surface area contributed by atoms with Crippen LogP contribution in [0.2, 0.25) is 0 Å². The van der Waals surface area contributed by atoms with Gasteiger partial charge in [0.2, 0.25) is 11.8 Å². The minimum absolute atomic E-state index is 0.141. The highest BCUT2D eigenvalue weighted by Gasteiger charge is 2.09. The van der Waals surface area contributed by atoms with Crippen molar-refractivity contribution in [3.63, 3.8) is 0 Å². The zero-order chi connectivity index (χ0) is 17.5. The molecule has 0 aliphatic rings. The lowest BCUT2D eigenvalue weighted by Crippen LogP contribution is -2.33. The van der Waals surface area contributed by atoms with Crippen LogP contribution in [0.1, 0.15) is 22.8 Å². The van der Waals surface area contributed by atoms with Crippen LogP contribution in [0.4, 0.5) is 11.4 Å². The van der Waals surface area contributed by atoms with Crippen LogP contribution >= 0.6 is 0 Å².